The van der Waals surface area contributed by atoms with Crippen LogP contribution in [0.1, 0.15) is 33.8 Å². The zero-order valence-electron chi connectivity index (χ0n) is 12.5. The number of aromatic nitrogens is 1. The second kappa shape index (κ2) is 5.53. The van der Waals surface area contributed by atoms with Gasteiger partial charge in [-0.1, -0.05) is 0 Å². The number of nitrogens with zero attached hydrogens (tertiary/aromatic N) is 2. The average molecular weight is 311 g/mol. The fraction of sp³-hybridized carbons (Fsp3) is 0.353. The Bertz CT molecular complexity index is 714. The predicted molar refractivity (Wildman–Crippen MR) is 81.7 cm³/mol. The highest BCUT2D eigenvalue weighted by Crippen LogP contribution is 2.38. The van der Waals surface area contributed by atoms with Gasteiger partial charge in [-0.2, -0.15) is 0 Å². The molecule has 6 nitrogen and oxygen atoms in total. The van der Waals surface area contributed by atoms with Crippen molar-refractivity contribution in [3.8, 4) is 0 Å². The van der Waals surface area contributed by atoms with Gasteiger partial charge in [0.1, 0.15) is 0 Å². The maximum absolute atomic E-state index is 12.4. The number of nitrogens with one attached hydrogen (secondary N) is 1. The van der Waals surface area contributed by atoms with Crippen LogP contribution in [0.2, 0.25) is 0 Å². The first-order chi connectivity index (χ1) is 11.2. The van der Waals surface area contributed by atoms with Gasteiger partial charge >= 0.3 is 0 Å². The predicted octanol–water partition coefficient (Wildman–Crippen LogP) is 1.71. The number of furan rings is 1. The molecule has 3 heterocycles. The number of hydrogen-bond donors (Lipinski definition) is 1. The van der Waals surface area contributed by atoms with Crippen LogP contribution in [0.15, 0.2) is 47.3 Å². The standard InChI is InChI=1S/C17H17N3O3/c21-16(11-3-1-5-18-9-11)19-14-8-13-7-12(14)10-20(13)17(22)15-4-2-6-23-15/h1-6,9,12-14H,7-8,10H2,(H,19,21)/t12-,13-,14-/m0/s1. The Hall–Kier alpha value is -2.63. The number of pyridine rings is 1. The molecule has 1 saturated heterocycles. The van der Waals surface area contributed by atoms with Gasteiger partial charge in [0.15, 0.2) is 5.76 Å². The van der Waals surface area contributed by atoms with Crippen molar-refractivity contribution < 1.29 is 14.0 Å². The molecule has 0 radical (unpaired) electrons. The number of likely N-dealkylation sites (tertiary alicyclic amines) is 1. The second-order valence-electron chi connectivity index (χ2n) is 6.14. The number of hydrogen-bond acceptors (Lipinski definition) is 4. The van der Waals surface area contributed by atoms with Crippen LogP contribution in [0.3, 0.4) is 0 Å². The van der Waals surface area contributed by atoms with E-state index in [9.17, 15) is 9.59 Å². The maximum Gasteiger partial charge on any atom is 0.289 e. The second-order valence-corrected chi connectivity index (χ2v) is 6.14. The number of carbonyl (C=O) groups excluding carboxylic acids is 2. The Morgan fingerprint density at radius 3 is 2.83 bits per heavy atom. The van der Waals surface area contributed by atoms with Crippen molar-refractivity contribution in [2.24, 2.45) is 5.92 Å². The van der Waals surface area contributed by atoms with Crippen LogP contribution in [0.5, 0.6) is 0 Å². The Kier molecular flexibility index (Phi) is 3.37. The molecule has 6 heteroatoms. The Morgan fingerprint density at radius 1 is 1.26 bits per heavy atom. The largest absolute Gasteiger partial charge is 0.459 e. The molecule has 2 fully saturated rings. The van der Waals surface area contributed by atoms with Crippen LogP contribution in [-0.2, 0) is 0 Å². The molecule has 0 unspecified atom stereocenters. The molecular formula is C17H17N3O3. The molecule has 1 N–H and O–H groups in total. The van der Waals surface area contributed by atoms with Gasteiger partial charge in [-0.05, 0) is 43.0 Å². The van der Waals surface area contributed by atoms with Gasteiger partial charge in [0.05, 0.1) is 11.8 Å². The summed E-state index contributed by atoms with van der Waals surface area (Å²) in [5, 5.41) is 3.08. The summed E-state index contributed by atoms with van der Waals surface area (Å²) in [4.78, 5) is 30.5. The summed E-state index contributed by atoms with van der Waals surface area (Å²) in [6.45, 7) is 0.669. The lowest BCUT2D eigenvalue weighted by atomic mass is 10.0. The van der Waals surface area contributed by atoms with Gasteiger partial charge in [-0.3, -0.25) is 14.6 Å². The highest BCUT2D eigenvalue weighted by Gasteiger charge is 2.47. The quantitative estimate of drug-likeness (QED) is 0.936. The van der Waals surface area contributed by atoms with Gasteiger partial charge < -0.3 is 14.6 Å². The number of fused-ring (bicyclic) bond motifs is 2. The van der Waals surface area contributed by atoms with E-state index in [0.29, 0.717) is 23.8 Å². The minimum Gasteiger partial charge on any atom is -0.459 e. The molecular weight excluding hydrogens is 294 g/mol. The minimum absolute atomic E-state index is 0.0560. The fourth-order valence-corrected chi connectivity index (χ4v) is 3.67. The molecule has 2 aromatic heterocycles. The molecule has 2 bridgehead atoms. The minimum atomic E-state index is -0.0976. The van der Waals surface area contributed by atoms with Crippen molar-refractivity contribution in [2.45, 2.75) is 24.9 Å². The van der Waals surface area contributed by atoms with Gasteiger partial charge in [0.2, 0.25) is 0 Å². The van der Waals surface area contributed by atoms with Crippen LogP contribution in [-0.4, -0.2) is 40.3 Å². The molecule has 118 valence electrons. The third-order valence-corrected chi connectivity index (χ3v) is 4.77. The first-order valence-corrected chi connectivity index (χ1v) is 7.78. The average Bonchev–Trinajstić information content (AvgIpc) is 3.31. The van der Waals surface area contributed by atoms with E-state index in [1.54, 1.807) is 36.7 Å². The van der Waals surface area contributed by atoms with E-state index in [1.807, 2.05) is 4.90 Å². The van der Waals surface area contributed by atoms with Crippen molar-refractivity contribution in [3.63, 3.8) is 0 Å². The summed E-state index contributed by atoms with van der Waals surface area (Å²) in [5.74, 6) is 0.534. The topological polar surface area (TPSA) is 75.4 Å². The lowest BCUT2D eigenvalue weighted by Gasteiger charge is -2.31. The summed E-state index contributed by atoms with van der Waals surface area (Å²) in [5.41, 5.74) is 0.568. The zero-order chi connectivity index (χ0) is 15.8. The fourth-order valence-electron chi connectivity index (χ4n) is 3.67. The third-order valence-electron chi connectivity index (χ3n) is 4.77. The van der Waals surface area contributed by atoms with Crippen molar-refractivity contribution >= 4 is 11.8 Å². The summed E-state index contributed by atoms with van der Waals surface area (Å²) in [6, 6.07) is 7.21. The summed E-state index contributed by atoms with van der Waals surface area (Å²) in [6.07, 6.45) is 6.45. The number of piperidine rings is 1. The smallest absolute Gasteiger partial charge is 0.289 e. The molecule has 2 aliphatic rings. The lowest BCUT2D eigenvalue weighted by molar-refractivity contribution is 0.0648. The summed E-state index contributed by atoms with van der Waals surface area (Å²) < 4.78 is 5.20. The van der Waals surface area contributed by atoms with Crippen LogP contribution in [0.25, 0.3) is 0 Å². The van der Waals surface area contributed by atoms with Crippen molar-refractivity contribution in [1.29, 1.82) is 0 Å². The third kappa shape index (κ3) is 2.50. The molecule has 1 aliphatic carbocycles. The van der Waals surface area contributed by atoms with Gasteiger partial charge in [0.25, 0.3) is 11.8 Å². The molecule has 23 heavy (non-hydrogen) atoms. The summed E-state index contributed by atoms with van der Waals surface area (Å²) in [7, 11) is 0. The van der Waals surface area contributed by atoms with Crippen molar-refractivity contribution in [2.75, 3.05) is 6.54 Å². The molecule has 0 aromatic carbocycles. The monoisotopic (exact) mass is 311 g/mol. The first-order valence-electron chi connectivity index (χ1n) is 7.78. The molecule has 1 aliphatic heterocycles. The maximum atomic E-state index is 12.4. The molecule has 0 spiro atoms. The normalized spacial score (nSPS) is 25.6. The summed E-state index contributed by atoms with van der Waals surface area (Å²) >= 11 is 0. The molecule has 3 atom stereocenters. The van der Waals surface area contributed by atoms with E-state index in [2.05, 4.69) is 10.3 Å². The van der Waals surface area contributed by atoms with E-state index in [0.717, 1.165) is 12.8 Å². The zero-order valence-corrected chi connectivity index (χ0v) is 12.5. The van der Waals surface area contributed by atoms with Crippen LogP contribution in [0, 0.1) is 5.92 Å². The van der Waals surface area contributed by atoms with Gasteiger partial charge in [0, 0.05) is 31.0 Å². The molecule has 4 rings (SSSR count). The number of rotatable bonds is 3. The Balaban J connectivity index is 1.39. The first kappa shape index (κ1) is 14.0. The Labute approximate surface area is 133 Å². The van der Waals surface area contributed by atoms with Gasteiger partial charge in [-0.25, -0.2) is 0 Å². The molecule has 2 aromatic rings. The van der Waals surface area contributed by atoms with E-state index < -0.39 is 0 Å². The van der Waals surface area contributed by atoms with E-state index in [1.165, 1.54) is 6.26 Å². The highest BCUT2D eigenvalue weighted by molar-refractivity contribution is 5.94. The molecule has 1 saturated carbocycles. The van der Waals surface area contributed by atoms with Crippen LogP contribution >= 0.6 is 0 Å². The van der Waals surface area contributed by atoms with E-state index >= 15 is 0 Å². The van der Waals surface area contributed by atoms with E-state index in [-0.39, 0.29) is 23.9 Å². The number of amides is 2. The van der Waals surface area contributed by atoms with Crippen LogP contribution in [0.4, 0.5) is 0 Å². The SMILES string of the molecule is O=C(N[C@H]1C[C@@H]2C[C@H]1CN2C(=O)c1ccco1)c1cccnc1. The lowest BCUT2D eigenvalue weighted by Crippen LogP contribution is -2.47. The van der Waals surface area contributed by atoms with Crippen LogP contribution < -0.4 is 5.32 Å². The molecule has 2 amide bonds. The Morgan fingerprint density at radius 2 is 2.17 bits per heavy atom. The van der Waals surface area contributed by atoms with Crippen molar-refractivity contribution in [1.82, 2.24) is 15.2 Å². The van der Waals surface area contributed by atoms with Gasteiger partial charge in [-0.15, -0.1) is 0 Å². The highest BCUT2D eigenvalue weighted by atomic mass is 16.3. The van der Waals surface area contributed by atoms with Crippen molar-refractivity contribution in [3.05, 3.63) is 54.2 Å². The number of carbonyl (C=O) groups is 2. The van der Waals surface area contributed by atoms with E-state index in [4.69, 9.17) is 4.42 Å².